The lowest BCUT2D eigenvalue weighted by atomic mass is 9.95. The zero-order chi connectivity index (χ0) is 18.4. The van der Waals surface area contributed by atoms with Crippen molar-refractivity contribution in [2.24, 2.45) is 0 Å². The van der Waals surface area contributed by atoms with Crippen LogP contribution in [0.15, 0.2) is 57.4 Å². The molecule has 2 aliphatic heterocycles. The first kappa shape index (κ1) is 16.4. The predicted octanol–water partition coefficient (Wildman–Crippen LogP) is 4.14. The van der Waals surface area contributed by atoms with Gasteiger partial charge in [-0.05, 0) is 56.5 Å². The average Bonchev–Trinajstić information content (AvgIpc) is 3.46. The van der Waals surface area contributed by atoms with Gasteiger partial charge in [0.05, 0.1) is 0 Å². The summed E-state index contributed by atoms with van der Waals surface area (Å²) in [5.74, 6) is 2.59. The minimum Gasteiger partial charge on any atom is -0.461 e. The van der Waals surface area contributed by atoms with E-state index < -0.39 is 0 Å². The molecule has 2 fully saturated rings. The van der Waals surface area contributed by atoms with E-state index in [1.807, 2.05) is 49.4 Å². The van der Waals surface area contributed by atoms with Gasteiger partial charge in [0.1, 0.15) is 17.3 Å². The summed E-state index contributed by atoms with van der Waals surface area (Å²) in [6.45, 7) is 1.93. The van der Waals surface area contributed by atoms with E-state index in [4.69, 9.17) is 8.83 Å². The first-order valence-electron chi connectivity index (χ1n) is 9.50. The molecule has 5 nitrogen and oxygen atoms in total. The van der Waals surface area contributed by atoms with Gasteiger partial charge in [0.15, 0.2) is 5.76 Å². The van der Waals surface area contributed by atoms with Gasteiger partial charge in [0, 0.05) is 29.3 Å². The highest BCUT2D eigenvalue weighted by Gasteiger charge is 2.39. The van der Waals surface area contributed by atoms with Crippen molar-refractivity contribution in [1.82, 2.24) is 10.6 Å². The molecule has 0 radical (unpaired) electrons. The van der Waals surface area contributed by atoms with Gasteiger partial charge in [-0.2, -0.15) is 0 Å². The standard InChI is InChI=1S/C22H22N2O3/c1-13-5-8-19(26-13)14-3-2-4-15(11-14)20-9-10-21(27-20)22(25)24-18-12-16-6-7-17(18)23-16/h2-5,8-11,16-18,23H,6-7,12H2,1H3,(H,24,25). The van der Waals surface area contributed by atoms with Gasteiger partial charge in [0.2, 0.25) is 0 Å². The van der Waals surface area contributed by atoms with E-state index >= 15 is 0 Å². The summed E-state index contributed by atoms with van der Waals surface area (Å²) < 4.78 is 11.6. The molecule has 3 aromatic rings. The van der Waals surface area contributed by atoms with E-state index in [1.165, 1.54) is 6.42 Å². The predicted molar refractivity (Wildman–Crippen MR) is 102 cm³/mol. The third-order valence-electron chi connectivity index (χ3n) is 5.62. The van der Waals surface area contributed by atoms with E-state index in [1.54, 1.807) is 6.07 Å². The number of carbonyl (C=O) groups excluding carboxylic acids is 1. The molecule has 138 valence electrons. The minimum atomic E-state index is -0.140. The number of furan rings is 2. The molecular formula is C22H22N2O3. The minimum absolute atomic E-state index is 0.140. The molecule has 5 rings (SSSR count). The van der Waals surface area contributed by atoms with Gasteiger partial charge in [0.25, 0.3) is 5.91 Å². The number of rotatable bonds is 4. The molecule has 0 spiro atoms. The number of benzene rings is 1. The van der Waals surface area contributed by atoms with Crippen molar-refractivity contribution in [1.29, 1.82) is 0 Å². The van der Waals surface area contributed by atoms with Gasteiger partial charge in [-0.25, -0.2) is 0 Å². The Hall–Kier alpha value is -2.79. The summed E-state index contributed by atoms with van der Waals surface area (Å²) in [7, 11) is 0. The second-order valence-corrected chi connectivity index (χ2v) is 7.52. The highest BCUT2D eigenvalue weighted by atomic mass is 16.4. The monoisotopic (exact) mass is 362 g/mol. The van der Waals surface area contributed by atoms with Crippen LogP contribution >= 0.6 is 0 Å². The summed E-state index contributed by atoms with van der Waals surface area (Å²) >= 11 is 0. The van der Waals surface area contributed by atoms with Crippen LogP contribution in [0.5, 0.6) is 0 Å². The molecule has 3 unspecified atom stereocenters. The summed E-state index contributed by atoms with van der Waals surface area (Å²) in [6, 6.07) is 16.6. The van der Waals surface area contributed by atoms with Crippen LogP contribution in [0.4, 0.5) is 0 Å². The van der Waals surface area contributed by atoms with Gasteiger partial charge < -0.3 is 19.5 Å². The zero-order valence-corrected chi connectivity index (χ0v) is 15.2. The molecule has 2 bridgehead atoms. The fourth-order valence-corrected chi connectivity index (χ4v) is 4.25. The summed E-state index contributed by atoms with van der Waals surface area (Å²) in [6.07, 6.45) is 3.36. The van der Waals surface area contributed by atoms with Gasteiger partial charge >= 0.3 is 0 Å². The van der Waals surface area contributed by atoms with E-state index in [2.05, 4.69) is 10.6 Å². The number of aryl methyl sites for hydroxylation is 1. The molecule has 1 amide bonds. The Kier molecular flexibility index (Phi) is 3.90. The topological polar surface area (TPSA) is 67.4 Å². The SMILES string of the molecule is Cc1ccc(-c2cccc(-c3ccc(C(=O)NC4CC5CCC4N5)o3)c2)o1. The molecule has 0 aliphatic carbocycles. The zero-order valence-electron chi connectivity index (χ0n) is 15.2. The molecule has 1 aromatic carbocycles. The Morgan fingerprint density at radius 1 is 1.04 bits per heavy atom. The third kappa shape index (κ3) is 3.08. The van der Waals surface area contributed by atoms with Crippen LogP contribution in [0.1, 0.15) is 35.6 Å². The van der Waals surface area contributed by atoms with Crippen molar-refractivity contribution < 1.29 is 13.6 Å². The Morgan fingerprint density at radius 3 is 2.48 bits per heavy atom. The molecule has 3 atom stereocenters. The van der Waals surface area contributed by atoms with Crippen molar-refractivity contribution in [2.75, 3.05) is 0 Å². The number of hydrogen-bond donors (Lipinski definition) is 2. The molecular weight excluding hydrogens is 340 g/mol. The number of hydrogen-bond acceptors (Lipinski definition) is 4. The lowest BCUT2D eigenvalue weighted by Gasteiger charge is -2.20. The second-order valence-electron chi connectivity index (χ2n) is 7.52. The molecule has 27 heavy (non-hydrogen) atoms. The summed E-state index contributed by atoms with van der Waals surface area (Å²) in [4.78, 5) is 12.6. The van der Waals surface area contributed by atoms with Crippen molar-refractivity contribution >= 4 is 5.91 Å². The van der Waals surface area contributed by atoms with Crippen molar-refractivity contribution in [3.8, 4) is 22.6 Å². The first-order valence-corrected chi connectivity index (χ1v) is 9.50. The Balaban J connectivity index is 1.34. The van der Waals surface area contributed by atoms with Crippen LogP contribution in [-0.2, 0) is 0 Å². The van der Waals surface area contributed by atoms with Crippen molar-refractivity contribution in [2.45, 2.75) is 44.3 Å². The Morgan fingerprint density at radius 2 is 1.81 bits per heavy atom. The smallest absolute Gasteiger partial charge is 0.287 e. The maximum Gasteiger partial charge on any atom is 0.287 e. The fraction of sp³-hybridized carbons (Fsp3) is 0.318. The maximum atomic E-state index is 12.6. The highest BCUT2D eigenvalue weighted by Crippen LogP contribution is 2.30. The van der Waals surface area contributed by atoms with Crippen LogP contribution in [-0.4, -0.2) is 24.0 Å². The summed E-state index contributed by atoms with van der Waals surface area (Å²) in [5, 5.41) is 6.66. The molecule has 2 aliphatic rings. The number of fused-ring (bicyclic) bond motifs is 2. The maximum absolute atomic E-state index is 12.6. The number of amides is 1. The van der Waals surface area contributed by atoms with Gasteiger partial charge in [-0.15, -0.1) is 0 Å². The Labute approximate surface area is 157 Å². The third-order valence-corrected chi connectivity index (χ3v) is 5.62. The summed E-state index contributed by atoms with van der Waals surface area (Å²) in [5.41, 5.74) is 1.90. The largest absolute Gasteiger partial charge is 0.461 e. The molecule has 2 aromatic heterocycles. The van der Waals surface area contributed by atoms with Gasteiger partial charge in [-0.1, -0.05) is 18.2 Å². The highest BCUT2D eigenvalue weighted by molar-refractivity contribution is 5.92. The lowest BCUT2D eigenvalue weighted by molar-refractivity contribution is 0.0903. The van der Waals surface area contributed by atoms with E-state index in [9.17, 15) is 4.79 Å². The van der Waals surface area contributed by atoms with Crippen LogP contribution in [0.2, 0.25) is 0 Å². The van der Waals surface area contributed by atoms with E-state index in [0.717, 1.165) is 35.5 Å². The normalized spacial score (nSPS) is 23.7. The van der Waals surface area contributed by atoms with Crippen molar-refractivity contribution in [3.63, 3.8) is 0 Å². The molecule has 5 heteroatoms. The second kappa shape index (κ2) is 6.43. The van der Waals surface area contributed by atoms with Gasteiger partial charge in [-0.3, -0.25) is 4.79 Å². The lowest BCUT2D eigenvalue weighted by Crippen LogP contribution is -2.42. The van der Waals surface area contributed by atoms with Crippen LogP contribution in [0, 0.1) is 6.92 Å². The fourth-order valence-electron chi connectivity index (χ4n) is 4.25. The molecule has 2 N–H and O–H groups in total. The first-order chi connectivity index (χ1) is 13.2. The quantitative estimate of drug-likeness (QED) is 0.732. The average molecular weight is 362 g/mol. The van der Waals surface area contributed by atoms with Crippen LogP contribution < -0.4 is 10.6 Å². The van der Waals surface area contributed by atoms with E-state index in [-0.39, 0.29) is 11.9 Å². The van der Waals surface area contributed by atoms with Crippen LogP contribution in [0.25, 0.3) is 22.6 Å². The molecule has 2 saturated heterocycles. The van der Waals surface area contributed by atoms with E-state index in [0.29, 0.717) is 23.6 Å². The molecule has 0 saturated carbocycles. The number of carbonyl (C=O) groups is 1. The van der Waals surface area contributed by atoms with Crippen molar-refractivity contribution in [3.05, 3.63) is 60.1 Å². The number of nitrogens with one attached hydrogen (secondary N) is 2. The molecule has 4 heterocycles. The Bertz CT molecular complexity index is 987. The van der Waals surface area contributed by atoms with Crippen LogP contribution in [0.3, 0.4) is 0 Å².